The Morgan fingerprint density at radius 1 is 1.55 bits per heavy atom. The lowest BCUT2D eigenvalue weighted by Crippen LogP contribution is -2.41. The quantitative estimate of drug-likeness (QED) is 0.668. The molecular weight excluding hydrogens is 282 g/mol. The summed E-state index contributed by atoms with van der Waals surface area (Å²) in [5.74, 6) is -1.04. The number of thiazole rings is 1. The summed E-state index contributed by atoms with van der Waals surface area (Å²) in [7, 11) is 1.62. The number of hydrogen-bond donors (Lipinski definition) is 3. The van der Waals surface area contributed by atoms with Gasteiger partial charge in [-0.05, 0) is 13.3 Å². The molecule has 0 radical (unpaired) electrons. The van der Waals surface area contributed by atoms with Crippen molar-refractivity contribution in [1.29, 1.82) is 0 Å². The summed E-state index contributed by atoms with van der Waals surface area (Å²) in [5, 5.41) is 16.4. The Kier molecular flexibility index (Phi) is 6.96. The fourth-order valence-electron chi connectivity index (χ4n) is 1.45. The zero-order chi connectivity index (χ0) is 15.0. The third-order valence-electron chi connectivity index (χ3n) is 2.53. The second-order valence-electron chi connectivity index (χ2n) is 4.26. The van der Waals surface area contributed by atoms with Gasteiger partial charge in [0.25, 0.3) is 0 Å². The Hall–Kier alpha value is -1.67. The van der Waals surface area contributed by atoms with Gasteiger partial charge in [-0.25, -0.2) is 14.6 Å². The number of carbonyl (C=O) groups is 2. The normalized spacial score (nSPS) is 11.9. The lowest BCUT2D eigenvalue weighted by molar-refractivity contribution is 0.0691. The van der Waals surface area contributed by atoms with Crippen molar-refractivity contribution in [3.8, 4) is 0 Å². The standard InChI is InChI=1S/C12H19N3O4S/c1-8(4-6-19-2)14-12(18)13-5-3-10-15-9(7-20-10)11(16)17/h7-8H,3-6H2,1-2H3,(H,16,17)(H2,13,14,18). The first-order valence-electron chi connectivity index (χ1n) is 6.24. The number of aromatic nitrogens is 1. The Bertz CT molecular complexity index is 450. The maximum absolute atomic E-state index is 11.5. The van der Waals surface area contributed by atoms with E-state index < -0.39 is 5.97 Å². The van der Waals surface area contributed by atoms with Crippen molar-refractivity contribution in [3.63, 3.8) is 0 Å². The molecule has 1 rings (SSSR count). The molecule has 0 aliphatic heterocycles. The molecule has 0 fully saturated rings. The van der Waals surface area contributed by atoms with Crippen molar-refractivity contribution in [2.75, 3.05) is 20.3 Å². The van der Waals surface area contributed by atoms with Gasteiger partial charge in [0.2, 0.25) is 0 Å². The van der Waals surface area contributed by atoms with Crippen LogP contribution >= 0.6 is 11.3 Å². The van der Waals surface area contributed by atoms with Crippen LogP contribution in [0.2, 0.25) is 0 Å². The predicted molar refractivity (Wildman–Crippen MR) is 75.3 cm³/mol. The van der Waals surface area contributed by atoms with Crippen LogP contribution in [-0.2, 0) is 11.2 Å². The van der Waals surface area contributed by atoms with Crippen molar-refractivity contribution in [2.45, 2.75) is 25.8 Å². The minimum absolute atomic E-state index is 0.0356. The van der Waals surface area contributed by atoms with E-state index in [0.717, 1.165) is 6.42 Å². The smallest absolute Gasteiger partial charge is 0.355 e. The molecule has 0 aromatic carbocycles. The van der Waals surface area contributed by atoms with Crippen LogP contribution in [0.4, 0.5) is 4.79 Å². The molecule has 1 atom stereocenters. The number of nitrogens with zero attached hydrogens (tertiary/aromatic N) is 1. The first kappa shape index (κ1) is 16.4. The number of amides is 2. The van der Waals surface area contributed by atoms with Crippen LogP contribution in [0.15, 0.2) is 5.38 Å². The Morgan fingerprint density at radius 2 is 2.30 bits per heavy atom. The molecule has 2 amide bonds. The summed E-state index contributed by atoms with van der Waals surface area (Å²) in [4.78, 5) is 26.1. The average Bonchev–Trinajstić information content (AvgIpc) is 2.85. The third kappa shape index (κ3) is 5.98. The second-order valence-corrected chi connectivity index (χ2v) is 5.21. The zero-order valence-corrected chi connectivity index (χ0v) is 12.3. The molecule has 0 spiro atoms. The molecule has 7 nitrogen and oxygen atoms in total. The minimum atomic E-state index is -1.04. The molecule has 20 heavy (non-hydrogen) atoms. The maximum atomic E-state index is 11.5. The minimum Gasteiger partial charge on any atom is -0.476 e. The number of hydrogen-bond acceptors (Lipinski definition) is 5. The van der Waals surface area contributed by atoms with Gasteiger partial charge in [-0.3, -0.25) is 0 Å². The van der Waals surface area contributed by atoms with E-state index in [4.69, 9.17) is 9.84 Å². The van der Waals surface area contributed by atoms with Gasteiger partial charge >= 0.3 is 12.0 Å². The largest absolute Gasteiger partial charge is 0.476 e. The van der Waals surface area contributed by atoms with Crippen LogP contribution in [0.1, 0.15) is 28.8 Å². The predicted octanol–water partition coefficient (Wildman–Crippen LogP) is 1.11. The highest BCUT2D eigenvalue weighted by Crippen LogP contribution is 2.09. The van der Waals surface area contributed by atoms with E-state index >= 15 is 0 Å². The fraction of sp³-hybridized carbons (Fsp3) is 0.583. The van der Waals surface area contributed by atoms with Gasteiger partial charge in [-0.15, -0.1) is 11.3 Å². The molecule has 3 N–H and O–H groups in total. The molecule has 0 aliphatic carbocycles. The van der Waals surface area contributed by atoms with E-state index in [1.54, 1.807) is 7.11 Å². The molecule has 112 valence electrons. The van der Waals surface area contributed by atoms with Crippen LogP contribution in [0.5, 0.6) is 0 Å². The van der Waals surface area contributed by atoms with Gasteiger partial charge < -0.3 is 20.5 Å². The molecule has 0 bridgehead atoms. The number of urea groups is 1. The van der Waals surface area contributed by atoms with Crippen LogP contribution in [0.3, 0.4) is 0 Å². The second kappa shape index (κ2) is 8.49. The van der Waals surface area contributed by atoms with Gasteiger partial charge in [0.15, 0.2) is 5.69 Å². The number of aromatic carboxylic acids is 1. The maximum Gasteiger partial charge on any atom is 0.355 e. The Morgan fingerprint density at radius 3 is 2.90 bits per heavy atom. The summed E-state index contributed by atoms with van der Waals surface area (Å²) in [6.07, 6.45) is 1.26. The van der Waals surface area contributed by atoms with Gasteiger partial charge in [0.1, 0.15) is 0 Å². The Labute approximate surface area is 121 Å². The summed E-state index contributed by atoms with van der Waals surface area (Å²) in [6, 6.07) is -0.211. The number of methoxy groups -OCH3 is 1. The van der Waals surface area contributed by atoms with Crippen molar-refractivity contribution in [2.24, 2.45) is 0 Å². The van der Waals surface area contributed by atoms with Crippen LogP contribution in [0, 0.1) is 0 Å². The SMILES string of the molecule is COCCC(C)NC(=O)NCCc1nc(C(=O)O)cs1. The molecule has 1 unspecified atom stereocenters. The molecular formula is C12H19N3O4S. The summed E-state index contributed by atoms with van der Waals surface area (Å²) >= 11 is 1.27. The van der Waals surface area contributed by atoms with E-state index in [0.29, 0.717) is 24.6 Å². The number of ether oxygens (including phenoxy) is 1. The molecule has 0 aliphatic rings. The summed E-state index contributed by atoms with van der Waals surface area (Å²) in [6.45, 7) is 2.91. The van der Waals surface area contributed by atoms with Gasteiger partial charge in [0.05, 0.1) is 5.01 Å². The Balaban J connectivity index is 2.22. The van der Waals surface area contributed by atoms with Crippen LogP contribution in [-0.4, -0.2) is 48.4 Å². The van der Waals surface area contributed by atoms with Gasteiger partial charge in [-0.1, -0.05) is 0 Å². The molecule has 8 heteroatoms. The first-order chi connectivity index (χ1) is 9.52. The fourth-order valence-corrected chi connectivity index (χ4v) is 2.22. The number of rotatable bonds is 8. The monoisotopic (exact) mass is 301 g/mol. The molecule has 0 saturated carbocycles. The van der Waals surface area contributed by atoms with Crippen LogP contribution < -0.4 is 10.6 Å². The highest BCUT2D eigenvalue weighted by Gasteiger charge is 2.09. The molecule has 1 aromatic rings. The average molecular weight is 301 g/mol. The highest BCUT2D eigenvalue weighted by molar-refractivity contribution is 7.09. The van der Waals surface area contributed by atoms with Crippen molar-refractivity contribution in [1.82, 2.24) is 15.6 Å². The molecule has 1 heterocycles. The summed E-state index contributed by atoms with van der Waals surface area (Å²) < 4.78 is 4.93. The first-order valence-corrected chi connectivity index (χ1v) is 7.12. The lowest BCUT2D eigenvalue weighted by Gasteiger charge is -2.13. The summed E-state index contributed by atoms with van der Waals surface area (Å²) in [5.41, 5.74) is 0.0441. The van der Waals surface area contributed by atoms with Crippen LogP contribution in [0.25, 0.3) is 0 Å². The molecule has 1 aromatic heterocycles. The number of carboxylic acids is 1. The van der Waals surface area contributed by atoms with E-state index in [1.807, 2.05) is 6.92 Å². The van der Waals surface area contributed by atoms with Crippen molar-refractivity contribution < 1.29 is 19.4 Å². The topological polar surface area (TPSA) is 101 Å². The van der Waals surface area contributed by atoms with Crippen molar-refractivity contribution >= 4 is 23.3 Å². The third-order valence-corrected chi connectivity index (χ3v) is 3.44. The van der Waals surface area contributed by atoms with Crippen molar-refractivity contribution in [3.05, 3.63) is 16.1 Å². The molecule has 0 saturated heterocycles. The van der Waals surface area contributed by atoms with E-state index in [1.165, 1.54) is 16.7 Å². The zero-order valence-electron chi connectivity index (χ0n) is 11.5. The number of carbonyl (C=O) groups excluding carboxylic acids is 1. The van der Waals surface area contributed by atoms with Gasteiger partial charge in [-0.2, -0.15) is 0 Å². The number of nitrogens with one attached hydrogen (secondary N) is 2. The number of carboxylic acid groups (broad SMARTS) is 1. The van der Waals surface area contributed by atoms with Gasteiger partial charge in [0, 0.05) is 38.1 Å². The van der Waals surface area contributed by atoms with E-state index in [-0.39, 0.29) is 17.8 Å². The van der Waals surface area contributed by atoms with E-state index in [2.05, 4.69) is 15.6 Å². The van der Waals surface area contributed by atoms with E-state index in [9.17, 15) is 9.59 Å². The highest BCUT2D eigenvalue weighted by atomic mass is 32.1. The lowest BCUT2D eigenvalue weighted by atomic mass is 10.2.